The van der Waals surface area contributed by atoms with Crippen LogP contribution in [0.4, 0.5) is 0 Å². The van der Waals surface area contributed by atoms with E-state index in [1.807, 2.05) is 36.0 Å². The molecule has 0 amide bonds. The molecule has 3 nitrogen and oxygen atoms in total. The van der Waals surface area contributed by atoms with Crippen LogP contribution in [0, 0.1) is 0 Å². The Morgan fingerprint density at radius 2 is 2.44 bits per heavy atom. The number of aliphatic hydroxyl groups is 1. The van der Waals surface area contributed by atoms with Crippen LogP contribution in [0.15, 0.2) is 24.3 Å². The molecule has 1 aromatic carbocycles. The number of methoxy groups -OCH3 is 1. The maximum atomic E-state index is 10.1. The van der Waals surface area contributed by atoms with Gasteiger partial charge in [0.2, 0.25) is 0 Å². The monoisotopic (exact) mass is 267 g/mol. The zero-order chi connectivity index (χ0) is 12.8. The van der Waals surface area contributed by atoms with Gasteiger partial charge in [-0.25, -0.2) is 0 Å². The Morgan fingerprint density at radius 3 is 3.17 bits per heavy atom. The highest BCUT2D eigenvalue weighted by Gasteiger charge is 2.15. The van der Waals surface area contributed by atoms with E-state index in [1.54, 1.807) is 7.11 Å². The highest BCUT2D eigenvalue weighted by atomic mass is 32.2. The first kappa shape index (κ1) is 13.7. The molecule has 0 saturated carbocycles. The Hall–Kier alpha value is -0.710. The summed E-state index contributed by atoms with van der Waals surface area (Å²) >= 11 is 1.99. The fourth-order valence-electron chi connectivity index (χ4n) is 2.15. The van der Waals surface area contributed by atoms with E-state index in [1.165, 1.54) is 18.6 Å². The van der Waals surface area contributed by atoms with E-state index >= 15 is 0 Å². The fourth-order valence-corrected chi connectivity index (χ4v) is 3.25. The zero-order valence-electron chi connectivity index (χ0n) is 10.8. The summed E-state index contributed by atoms with van der Waals surface area (Å²) in [6.45, 7) is 0.610. The lowest BCUT2D eigenvalue weighted by Crippen LogP contribution is -2.36. The number of hydrogen-bond acceptors (Lipinski definition) is 4. The van der Waals surface area contributed by atoms with Crippen molar-refractivity contribution in [2.45, 2.75) is 25.0 Å². The van der Waals surface area contributed by atoms with Gasteiger partial charge in [-0.15, -0.1) is 0 Å². The lowest BCUT2D eigenvalue weighted by molar-refractivity contribution is 0.169. The summed E-state index contributed by atoms with van der Waals surface area (Å²) in [4.78, 5) is 0. The molecule has 2 atom stereocenters. The van der Waals surface area contributed by atoms with Crippen LogP contribution in [0.25, 0.3) is 0 Å². The molecule has 2 unspecified atom stereocenters. The van der Waals surface area contributed by atoms with Crippen LogP contribution in [-0.4, -0.2) is 36.3 Å². The van der Waals surface area contributed by atoms with Crippen molar-refractivity contribution in [1.29, 1.82) is 0 Å². The van der Waals surface area contributed by atoms with Crippen LogP contribution in [0.3, 0.4) is 0 Å². The molecule has 0 radical (unpaired) electrons. The van der Waals surface area contributed by atoms with Gasteiger partial charge in [-0.3, -0.25) is 0 Å². The van der Waals surface area contributed by atoms with Crippen molar-refractivity contribution >= 4 is 11.8 Å². The second-order valence-electron chi connectivity index (χ2n) is 4.61. The van der Waals surface area contributed by atoms with Crippen molar-refractivity contribution in [2.24, 2.45) is 0 Å². The standard InChI is InChI=1S/C14H21NO2S/c1-17-13-6-2-4-11(8-13)14(16)9-15-12-5-3-7-18-10-12/h2,4,6,8,12,14-16H,3,5,7,9-10H2,1H3. The van der Waals surface area contributed by atoms with Gasteiger partial charge in [0.05, 0.1) is 13.2 Å². The Bertz CT molecular complexity index is 367. The van der Waals surface area contributed by atoms with Gasteiger partial charge in [0.15, 0.2) is 0 Å². The zero-order valence-corrected chi connectivity index (χ0v) is 11.6. The maximum absolute atomic E-state index is 10.1. The third-order valence-corrected chi connectivity index (χ3v) is 4.45. The van der Waals surface area contributed by atoms with Gasteiger partial charge >= 0.3 is 0 Å². The van der Waals surface area contributed by atoms with Crippen LogP contribution in [0.2, 0.25) is 0 Å². The van der Waals surface area contributed by atoms with Gasteiger partial charge in [-0.05, 0) is 36.3 Å². The second-order valence-corrected chi connectivity index (χ2v) is 5.76. The average Bonchev–Trinajstić information content (AvgIpc) is 2.46. The highest BCUT2D eigenvalue weighted by Crippen LogP contribution is 2.20. The Balaban J connectivity index is 1.84. The molecule has 0 spiro atoms. The maximum Gasteiger partial charge on any atom is 0.119 e. The van der Waals surface area contributed by atoms with Crippen LogP contribution >= 0.6 is 11.8 Å². The van der Waals surface area contributed by atoms with Gasteiger partial charge < -0.3 is 15.2 Å². The van der Waals surface area contributed by atoms with Crippen LogP contribution < -0.4 is 10.1 Å². The molecule has 1 heterocycles. The van der Waals surface area contributed by atoms with Crippen LogP contribution in [0.1, 0.15) is 24.5 Å². The summed E-state index contributed by atoms with van der Waals surface area (Å²) in [7, 11) is 1.64. The molecule has 100 valence electrons. The number of benzene rings is 1. The van der Waals surface area contributed by atoms with Gasteiger partial charge in [-0.2, -0.15) is 11.8 Å². The van der Waals surface area contributed by atoms with Crippen molar-refractivity contribution in [3.05, 3.63) is 29.8 Å². The summed E-state index contributed by atoms with van der Waals surface area (Å²) in [5.41, 5.74) is 0.908. The highest BCUT2D eigenvalue weighted by molar-refractivity contribution is 7.99. The molecule has 1 aliphatic heterocycles. The average molecular weight is 267 g/mol. The van der Waals surface area contributed by atoms with Crippen molar-refractivity contribution in [3.63, 3.8) is 0 Å². The molecule has 1 saturated heterocycles. The summed E-state index contributed by atoms with van der Waals surface area (Å²) in [6.07, 6.45) is 2.03. The predicted octanol–water partition coefficient (Wildman–Crippen LogP) is 2.21. The lowest BCUT2D eigenvalue weighted by Gasteiger charge is -2.24. The van der Waals surface area contributed by atoms with Gasteiger partial charge in [-0.1, -0.05) is 12.1 Å². The number of aliphatic hydroxyl groups excluding tert-OH is 1. The van der Waals surface area contributed by atoms with E-state index in [2.05, 4.69) is 5.32 Å². The summed E-state index contributed by atoms with van der Waals surface area (Å²) in [5, 5.41) is 13.6. The first-order valence-electron chi connectivity index (χ1n) is 6.42. The predicted molar refractivity (Wildman–Crippen MR) is 76.3 cm³/mol. The SMILES string of the molecule is COc1cccc(C(O)CNC2CCCSC2)c1. The normalized spacial score (nSPS) is 21.6. The van der Waals surface area contributed by atoms with Crippen LogP contribution in [0.5, 0.6) is 5.75 Å². The van der Waals surface area contributed by atoms with E-state index in [9.17, 15) is 5.11 Å². The van der Waals surface area contributed by atoms with Gasteiger partial charge in [0, 0.05) is 18.3 Å². The molecule has 18 heavy (non-hydrogen) atoms. The lowest BCUT2D eigenvalue weighted by atomic mass is 10.1. The first-order valence-corrected chi connectivity index (χ1v) is 7.58. The Labute approximate surface area is 113 Å². The Kier molecular flexibility index (Phi) is 5.35. The molecule has 1 fully saturated rings. The number of rotatable bonds is 5. The fraction of sp³-hybridized carbons (Fsp3) is 0.571. The first-order chi connectivity index (χ1) is 8.79. The molecule has 2 N–H and O–H groups in total. The summed E-state index contributed by atoms with van der Waals surface area (Å²) < 4.78 is 5.16. The van der Waals surface area contributed by atoms with Crippen LogP contribution in [-0.2, 0) is 0 Å². The molecule has 1 aliphatic rings. The molecule has 4 heteroatoms. The van der Waals surface area contributed by atoms with E-state index in [0.29, 0.717) is 12.6 Å². The molecular weight excluding hydrogens is 246 g/mol. The molecule has 1 aromatic rings. The molecule has 2 rings (SSSR count). The number of hydrogen-bond donors (Lipinski definition) is 2. The quantitative estimate of drug-likeness (QED) is 0.858. The number of nitrogens with one attached hydrogen (secondary N) is 1. The number of ether oxygens (including phenoxy) is 1. The van der Waals surface area contributed by atoms with E-state index in [0.717, 1.165) is 17.1 Å². The molecule has 0 aliphatic carbocycles. The van der Waals surface area contributed by atoms with E-state index in [-0.39, 0.29) is 0 Å². The smallest absolute Gasteiger partial charge is 0.119 e. The van der Waals surface area contributed by atoms with Crippen molar-refractivity contribution in [1.82, 2.24) is 5.32 Å². The molecule has 0 aromatic heterocycles. The largest absolute Gasteiger partial charge is 0.497 e. The summed E-state index contributed by atoms with van der Waals surface area (Å²) in [5.74, 6) is 3.22. The third-order valence-electron chi connectivity index (χ3n) is 3.24. The van der Waals surface area contributed by atoms with Crippen molar-refractivity contribution in [3.8, 4) is 5.75 Å². The summed E-state index contributed by atoms with van der Waals surface area (Å²) in [6, 6.07) is 8.17. The minimum absolute atomic E-state index is 0.466. The van der Waals surface area contributed by atoms with Crippen molar-refractivity contribution in [2.75, 3.05) is 25.2 Å². The van der Waals surface area contributed by atoms with E-state index in [4.69, 9.17) is 4.74 Å². The topological polar surface area (TPSA) is 41.5 Å². The molecular formula is C14H21NO2S. The van der Waals surface area contributed by atoms with Gasteiger partial charge in [0.25, 0.3) is 0 Å². The third kappa shape index (κ3) is 3.90. The minimum atomic E-state index is -0.466. The van der Waals surface area contributed by atoms with E-state index < -0.39 is 6.10 Å². The Morgan fingerprint density at radius 1 is 1.56 bits per heavy atom. The van der Waals surface area contributed by atoms with Gasteiger partial charge in [0.1, 0.15) is 5.75 Å². The second kappa shape index (κ2) is 7.02. The van der Waals surface area contributed by atoms with Crippen molar-refractivity contribution < 1.29 is 9.84 Å². The number of thioether (sulfide) groups is 1. The minimum Gasteiger partial charge on any atom is -0.497 e. The molecule has 0 bridgehead atoms.